The molecule has 1 amide bonds. The van der Waals surface area contributed by atoms with Crippen LogP contribution < -0.4 is 4.90 Å². The first-order valence-electron chi connectivity index (χ1n) is 8.85. The van der Waals surface area contributed by atoms with E-state index in [-0.39, 0.29) is 11.1 Å². The summed E-state index contributed by atoms with van der Waals surface area (Å²) in [6.45, 7) is 0. The van der Waals surface area contributed by atoms with Crippen LogP contribution in [0, 0.1) is 11.6 Å². The van der Waals surface area contributed by atoms with E-state index in [4.69, 9.17) is 0 Å². The minimum absolute atomic E-state index is 0.142. The Bertz CT molecular complexity index is 1110. The van der Waals surface area contributed by atoms with Gasteiger partial charge in [-0.05, 0) is 54.1 Å². The number of aliphatic hydroxyl groups excluding tert-OH is 1. The van der Waals surface area contributed by atoms with Crippen molar-refractivity contribution in [3.63, 3.8) is 0 Å². The van der Waals surface area contributed by atoms with Crippen molar-refractivity contribution in [2.75, 3.05) is 4.90 Å². The molecule has 1 N–H and O–H groups in total. The number of nitrogens with zero attached hydrogens (tertiary/aromatic N) is 1. The molecule has 3 aromatic rings. The highest BCUT2D eigenvalue weighted by Crippen LogP contribution is 2.42. The van der Waals surface area contributed by atoms with Gasteiger partial charge in [-0.25, -0.2) is 8.78 Å². The first-order chi connectivity index (χ1) is 14.0. The van der Waals surface area contributed by atoms with Crippen LogP contribution in [0.4, 0.5) is 14.5 Å². The van der Waals surface area contributed by atoms with Gasteiger partial charge in [0.25, 0.3) is 11.7 Å². The smallest absolute Gasteiger partial charge is 0.300 e. The fraction of sp³-hybridized carbons (Fsp3) is 0.0435. The molecule has 0 spiro atoms. The molecular weight excluding hydrogens is 376 g/mol. The Balaban J connectivity index is 1.94. The Kier molecular flexibility index (Phi) is 4.68. The highest BCUT2D eigenvalue weighted by Gasteiger charge is 2.46. The average Bonchev–Trinajstić information content (AvgIpc) is 3.00. The molecule has 0 saturated carbocycles. The number of amides is 1. The fourth-order valence-corrected chi connectivity index (χ4v) is 3.41. The Morgan fingerprint density at radius 1 is 0.793 bits per heavy atom. The number of aliphatic hydroxyl groups is 1. The second-order valence-electron chi connectivity index (χ2n) is 6.56. The summed E-state index contributed by atoms with van der Waals surface area (Å²) < 4.78 is 26.7. The number of hydrogen-bond donors (Lipinski definition) is 1. The Morgan fingerprint density at radius 2 is 1.34 bits per heavy atom. The van der Waals surface area contributed by atoms with Gasteiger partial charge < -0.3 is 5.11 Å². The Morgan fingerprint density at radius 3 is 1.93 bits per heavy atom. The van der Waals surface area contributed by atoms with Crippen molar-refractivity contribution in [1.29, 1.82) is 0 Å². The number of carbonyl (C=O) groups excluding carboxylic acids is 2. The van der Waals surface area contributed by atoms with E-state index in [1.165, 1.54) is 41.3 Å². The summed E-state index contributed by atoms with van der Waals surface area (Å²) in [5.41, 5.74) is 0.974. The number of para-hydroxylation sites is 1. The van der Waals surface area contributed by atoms with E-state index in [2.05, 4.69) is 0 Å². The average molecular weight is 391 g/mol. The van der Waals surface area contributed by atoms with Gasteiger partial charge in [0.1, 0.15) is 17.4 Å². The van der Waals surface area contributed by atoms with Crippen LogP contribution in [-0.2, 0) is 9.59 Å². The zero-order valence-corrected chi connectivity index (χ0v) is 15.0. The van der Waals surface area contributed by atoms with Crippen molar-refractivity contribution in [2.24, 2.45) is 0 Å². The maximum atomic E-state index is 13.5. The Hall–Kier alpha value is -3.80. The highest BCUT2D eigenvalue weighted by molar-refractivity contribution is 6.51. The molecule has 29 heavy (non-hydrogen) atoms. The number of benzene rings is 3. The SMILES string of the molecule is O=C1C(=O)N(c2ccccc2)C(c2ccc(F)cc2)/C1=C(\O)c1ccc(F)cc1. The number of carbonyl (C=O) groups is 2. The zero-order valence-electron chi connectivity index (χ0n) is 15.0. The molecule has 1 aliphatic heterocycles. The van der Waals surface area contributed by atoms with Gasteiger partial charge in [0, 0.05) is 11.3 Å². The number of anilines is 1. The molecule has 0 aromatic heterocycles. The summed E-state index contributed by atoms with van der Waals surface area (Å²) >= 11 is 0. The van der Waals surface area contributed by atoms with Gasteiger partial charge in [0.05, 0.1) is 11.6 Å². The summed E-state index contributed by atoms with van der Waals surface area (Å²) in [6, 6.07) is 17.9. The first kappa shape index (κ1) is 18.6. The van der Waals surface area contributed by atoms with Crippen LogP contribution >= 0.6 is 0 Å². The summed E-state index contributed by atoms with van der Waals surface area (Å²) in [5.74, 6) is -3.07. The molecule has 144 valence electrons. The molecule has 1 heterocycles. The lowest BCUT2D eigenvalue weighted by molar-refractivity contribution is -0.132. The van der Waals surface area contributed by atoms with Gasteiger partial charge in [-0.15, -0.1) is 0 Å². The molecule has 1 unspecified atom stereocenters. The predicted octanol–water partition coefficient (Wildman–Crippen LogP) is 4.59. The largest absolute Gasteiger partial charge is 0.507 e. The molecule has 3 aromatic carbocycles. The van der Waals surface area contributed by atoms with Crippen molar-refractivity contribution in [3.05, 3.63) is 107 Å². The normalized spacial score (nSPS) is 18.3. The molecule has 0 aliphatic carbocycles. The second kappa shape index (κ2) is 7.31. The maximum Gasteiger partial charge on any atom is 0.300 e. The van der Waals surface area contributed by atoms with E-state index in [1.54, 1.807) is 30.3 Å². The van der Waals surface area contributed by atoms with Crippen LogP contribution in [0.25, 0.3) is 5.76 Å². The molecule has 4 nitrogen and oxygen atoms in total. The van der Waals surface area contributed by atoms with E-state index in [0.29, 0.717) is 11.3 Å². The minimum atomic E-state index is -0.956. The molecular formula is C23H15F2NO3. The molecule has 1 fully saturated rings. The van der Waals surface area contributed by atoms with Gasteiger partial charge in [0.2, 0.25) is 0 Å². The summed E-state index contributed by atoms with van der Waals surface area (Å²) in [5, 5.41) is 10.8. The molecule has 6 heteroatoms. The first-order valence-corrected chi connectivity index (χ1v) is 8.85. The van der Waals surface area contributed by atoms with E-state index in [1.807, 2.05) is 0 Å². The van der Waals surface area contributed by atoms with Crippen molar-refractivity contribution in [3.8, 4) is 0 Å². The lowest BCUT2D eigenvalue weighted by Crippen LogP contribution is -2.29. The van der Waals surface area contributed by atoms with Crippen molar-refractivity contribution < 1.29 is 23.5 Å². The Labute approximate surface area is 165 Å². The van der Waals surface area contributed by atoms with Crippen LogP contribution in [0.1, 0.15) is 17.2 Å². The van der Waals surface area contributed by atoms with E-state index < -0.39 is 35.1 Å². The van der Waals surface area contributed by atoms with Crippen LogP contribution in [0.5, 0.6) is 0 Å². The number of halogens is 2. The third-order valence-corrected chi connectivity index (χ3v) is 4.78. The summed E-state index contributed by atoms with van der Waals surface area (Å²) in [4.78, 5) is 27.0. The van der Waals surface area contributed by atoms with Gasteiger partial charge in [-0.2, -0.15) is 0 Å². The number of Topliss-reactive ketones (excluding diaryl/α,β-unsaturated/α-hetero) is 1. The highest BCUT2D eigenvalue weighted by atomic mass is 19.1. The van der Waals surface area contributed by atoms with Crippen LogP contribution in [0.2, 0.25) is 0 Å². The van der Waals surface area contributed by atoms with Gasteiger partial charge in [0.15, 0.2) is 0 Å². The maximum absolute atomic E-state index is 13.5. The van der Waals surface area contributed by atoms with Crippen LogP contribution in [0.3, 0.4) is 0 Å². The fourth-order valence-electron chi connectivity index (χ4n) is 3.41. The topological polar surface area (TPSA) is 57.6 Å². The summed E-state index contributed by atoms with van der Waals surface area (Å²) in [7, 11) is 0. The van der Waals surface area contributed by atoms with Gasteiger partial charge >= 0.3 is 0 Å². The quantitative estimate of drug-likeness (QED) is 0.404. The van der Waals surface area contributed by atoms with Crippen LogP contribution in [0.15, 0.2) is 84.4 Å². The van der Waals surface area contributed by atoms with E-state index in [0.717, 1.165) is 12.1 Å². The van der Waals surface area contributed by atoms with E-state index in [9.17, 15) is 23.5 Å². The molecule has 4 rings (SSSR count). The van der Waals surface area contributed by atoms with Crippen molar-refractivity contribution in [2.45, 2.75) is 6.04 Å². The molecule has 1 atom stereocenters. The van der Waals surface area contributed by atoms with Gasteiger partial charge in [-0.3, -0.25) is 14.5 Å². The van der Waals surface area contributed by atoms with E-state index >= 15 is 0 Å². The third-order valence-electron chi connectivity index (χ3n) is 4.78. The standard InChI is InChI=1S/C23H15F2NO3/c24-16-10-6-14(7-11-16)20-19(21(27)15-8-12-17(25)13-9-15)22(28)23(29)26(20)18-4-2-1-3-5-18/h1-13,20,27H/b21-19+. The molecule has 0 radical (unpaired) electrons. The number of rotatable bonds is 3. The van der Waals surface area contributed by atoms with Crippen molar-refractivity contribution in [1.82, 2.24) is 0 Å². The minimum Gasteiger partial charge on any atom is -0.507 e. The number of hydrogen-bond acceptors (Lipinski definition) is 3. The summed E-state index contributed by atoms with van der Waals surface area (Å²) in [6.07, 6.45) is 0. The molecule has 1 aliphatic rings. The lowest BCUT2D eigenvalue weighted by Gasteiger charge is -2.25. The molecule has 1 saturated heterocycles. The number of ketones is 1. The van der Waals surface area contributed by atoms with Crippen LogP contribution in [-0.4, -0.2) is 16.8 Å². The monoisotopic (exact) mass is 391 g/mol. The second-order valence-corrected chi connectivity index (χ2v) is 6.56. The predicted molar refractivity (Wildman–Crippen MR) is 104 cm³/mol. The molecule has 0 bridgehead atoms. The van der Waals surface area contributed by atoms with Gasteiger partial charge in [-0.1, -0.05) is 30.3 Å². The lowest BCUT2D eigenvalue weighted by atomic mass is 9.95. The zero-order chi connectivity index (χ0) is 20.5. The third kappa shape index (κ3) is 3.29. The van der Waals surface area contributed by atoms with Crippen molar-refractivity contribution >= 4 is 23.1 Å².